The largest absolute Gasteiger partial charge is 0.450 e. The van der Waals surface area contributed by atoms with Crippen LogP contribution in [0.25, 0.3) is 5.52 Å². The van der Waals surface area contributed by atoms with Crippen LogP contribution in [0.5, 0.6) is 0 Å². The highest BCUT2D eigenvalue weighted by Crippen LogP contribution is 2.28. The molecule has 1 saturated heterocycles. The number of piperidine rings is 1. The minimum Gasteiger partial charge on any atom is -0.450 e. The third-order valence-electron chi connectivity index (χ3n) is 5.34. The van der Waals surface area contributed by atoms with Gasteiger partial charge >= 0.3 is 12.2 Å². The van der Waals surface area contributed by atoms with Crippen molar-refractivity contribution in [1.29, 1.82) is 0 Å². The van der Waals surface area contributed by atoms with Gasteiger partial charge in [-0.2, -0.15) is 5.10 Å². The quantitative estimate of drug-likeness (QED) is 0.798. The van der Waals surface area contributed by atoms with Crippen molar-refractivity contribution in [2.75, 3.05) is 25.0 Å². The highest BCUT2D eigenvalue weighted by Gasteiger charge is 2.27. The fraction of sp³-hybridized carbons (Fsp3) is 0.591. The van der Waals surface area contributed by atoms with Gasteiger partial charge in [-0.3, -0.25) is 5.32 Å². The van der Waals surface area contributed by atoms with Gasteiger partial charge in [0.2, 0.25) is 0 Å². The van der Waals surface area contributed by atoms with E-state index < -0.39 is 11.7 Å². The molecule has 2 aromatic rings. The van der Waals surface area contributed by atoms with Crippen molar-refractivity contribution in [2.45, 2.75) is 59.5 Å². The Kier molecular flexibility index (Phi) is 6.53. The Balaban J connectivity index is 1.66. The minimum atomic E-state index is -0.480. The maximum absolute atomic E-state index is 12.3. The van der Waals surface area contributed by atoms with Crippen LogP contribution in [0, 0.1) is 12.8 Å². The first kappa shape index (κ1) is 21.9. The lowest BCUT2D eigenvalue weighted by Crippen LogP contribution is -2.42. The highest BCUT2D eigenvalue weighted by atomic mass is 16.6. The molecular weight excluding hydrogens is 384 g/mol. The van der Waals surface area contributed by atoms with Gasteiger partial charge in [-0.05, 0) is 77.0 Å². The van der Waals surface area contributed by atoms with Crippen molar-refractivity contribution in [3.63, 3.8) is 0 Å². The second-order valence-electron chi connectivity index (χ2n) is 8.78. The number of nitrogens with one attached hydrogen (secondary N) is 1. The van der Waals surface area contributed by atoms with Crippen molar-refractivity contribution in [3.05, 3.63) is 29.6 Å². The summed E-state index contributed by atoms with van der Waals surface area (Å²) in [5.74, 6) is 0.495. The zero-order valence-corrected chi connectivity index (χ0v) is 18.5. The molecule has 0 aromatic carbocycles. The van der Waals surface area contributed by atoms with Crippen molar-refractivity contribution in [1.82, 2.24) is 14.5 Å². The number of likely N-dealkylation sites (tertiary alicyclic amines) is 1. The maximum Gasteiger partial charge on any atom is 0.411 e. The molecule has 0 aliphatic carbocycles. The van der Waals surface area contributed by atoms with Gasteiger partial charge in [-0.1, -0.05) is 0 Å². The summed E-state index contributed by atoms with van der Waals surface area (Å²) in [6, 6.07) is 2.09. The number of pyridine rings is 1. The zero-order valence-electron chi connectivity index (χ0n) is 18.5. The first-order chi connectivity index (χ1) is 14.2. The fourth-order valence-electron chi connectivity index (χ4n) is 3.83. The number of anilines is 1. The third kappa shape index (κ3) is 5.23. The topological polar surface area (TPSA) is 85.2 Å². The SMILES string of the molecule is CCOC(=O)Nc1cnn2ccc(CC3CCN(C(=O)OC(C)(C)C)CC3)c(C)c12. The van der Waals surface area contributed by atoms with Crippen LogP contribution in [0.2, 0.25) is 0 Å². The molecule has 30 heavy (non-hydrogen) atoms. The fourth-order valence-corrected chi connectivity index (χ4v) is 3.83. The van der Waals surface area contributed by atoms with E-state index in [1.54, 1.807) is 22.5 Å². The molecule has 3 rings (SSSR count). The summed E-state index contributed by atoms with van der Waals surface area (Å²) in [4.78, 5) is 25.9. The van der Waals surface area contributed by atoms with Crippen LogP contribution in [-0.2, 0) is 15.9 Å². The van der Waals surface area contributed by atoms with Crippen LogP contribution in [-0.4, -0.2) is 52.0 Å². The molecule has 0 atom stereocenters. The Morgan fingerprint density at radius 1 is 1.27 bits per heavy atom. The molecule has 8 heteroatoms. The van der Waals surface area contributed by atoms with E-state index in [9.17, 15) is 9.59 Å². The van der Waals surface area contributed by atoms with Crippen LogP contribution in [0.15, 0.2) is 18.5 Å². The predicted octanol–water partition coefficient (Wildman–Crippen LogP) is 4.40. The lowest BCUT2D eigenvalue weighted by atomic mass is 9.89. The molecule has 0 spiro atoms. The molecule has 1 fully saturated rings. The molecule has 3 heterocycles. The lowest BCUT2D eigenvalue weighted by Gasteiger charge is -2.33. The zero-order chi connectivity index (χ0) is 21.9. The summed E-state index contributed by atoms with van der Waals surface area (Å²) in [5, 5.41) is 7.10. The molecule has 164 valence electrons. The lowest BCUT2D eigenvalue weighted by molar-refractivity contribution is 0.0184. The molecular formula is C22H32N4O4. The van der Waals surface area contributed by atoms with E-state index in [-0.39, 0.29) is 6.09 Å². The number of hydrogen-bond acceptors (Lipinski definition) is 5. The number of carbonyl (C=O) groups is 2. The summed E-state index contributed by atoms with van der Waals surface area (Å²) < 4.78 is 12.2. The minimum absolute atomic E-state index is 0.229. The molecule has 2 aromatic heterocycles. The number of aromatic nitrogens is 2. The Morgan fingerprint density at radius 2 is 1.97 bits per heavy atom. The second-order valence-corrected chi connectivity index (χ2v) is 8.78. The van der Waals surface area contributed by atoms with Crippen LogP contribution < -0.4 is 5.32 Å². The number of carbonyl (C=O) groups excluding carboxylic acids is 2. The summed E-state index contributed by atoms with van der Waals surface area (Å²) in [7, 11) is 0. The standard InChI is InChI=1S/C22H32N4O4/c1-6-29-20(27)24-18-14-23-26-12-9-17(15(2)19(18)26)13-16-7-10-25(11-8-16)21(28)30-22(3,4)5/h9,12,14,16H,6-8,10-11,13H2,1-5H3,(H,24,27). The summed E-state index contributed by atoms with van der Waals surface area (Å²) in [6.07, 6.45) is 5.66. The van der Waals surface area contributed by atoms with E-state index in [1.807, 2.05) is 27.0 Å². The van der Waals surface area contributed by atoms with Gasteiger partial charge in [0.05, 0.1) is 24.0 Å². The van der Waals surface area contributed by atoms with Gasteiger partial charge < -0.3 is 14.4 Å². The Labute approximate surface area is 177 Å². The van der Waals surface area contributed by atoms with E-state index in [2.05, 4.69) is 23.4 Å². The molecule has 1 aliphatic rings. The summed E-state index contributed by atoms with van der Waals surface area (Å²) in [5.41, 5.74) is 3.38. The van der Waals surface area contributed by atoms with Crippen LogP contribution in [0.3, 0.4) is 0 Å². The molecule has 1 aliphatic heterocycles. The van der Waals surface area contributed by atoms with Crippen molar-refractivity contribution in [2.24, 2.45) is 5.92 Å². The van der Waals surface area contributed by atoms with E-state index in [0.29, 0.717) is 31.3 Å². The van der Waals surface area contributed by atoms with E-state index >= 15 is 0 Å². The Bertz CT molecular complexity index is 908. The van der Waals surface area contributed by atoms with Gasteiger partial charge in [0.25, 0.3) is 0 Å². The molecule has 0 bridgehead atoms. The molecule has 0 saturated carbocycles. The molecule has 8 nitrogen and oxygen atoms in total. The number of nitrogens with zero attached hydrogens (tertiary/aromatic N) is 3. The van der Waals surface area contributed by atoms with Crippen LogP contribution in [0.1, 0.15) is 51.7 Å². The molecule has 2 amide bonds. The smallest absolute Gasteiger partial charge is 0.411 e. The average Bonchev–Trinajstić information content (AvgIpc) is 3.07. The monoisotopic (exact) mass is 416 g/mol. The second kappa shape index (κ2) is 8.93. The number of amides is 2. The van der Waals surface area contributed by atoms with Gasteiger partial charge in [0, 0.05) is 19.3 Å². The van der Waals surface area contributed by atoms with Crippen molar-refractivity contribution < 1.29 is 19.1 Å². The summed E-state index contributed by atoms with van der Waals surface area (Å²) in [6.45, 7) is 11.2. The van der Waals surface area contributed by atoms with E-state index in [1.165, 1.54) is 5.56 Å². The molecule has 0 radical (unpaired) electrons. The van der Waals surface area contributed by atoms with Gasteiger partial charge in [0.1, 0.15) is 5.60 Å². The first-order valence-electron chi connectivity index (χ1n) is 10.6. The van der Waals surface area contributed by atoms with E-state index in [4.69, 9.17) is 9.47 Å². The number of rotatable bonds is 4. The van der Waals surface area contributed by atoms with Crippen LogP contribution >= 0.6 is 0 Å². The van der Waals surface area contributed by atoms with Gasteiger partial charge in [-0.25, -0.2) is 14.1 Å². The number of aryl methyl sites for hydroxylation is 1. The Hall–Kier alpha value is -2.77. The van der Waals surface area contributed by atoms with Crippen LogP contribution in [0.4, 0.5) is 15.3 Å². The van der Waals surface area contributed by atoms with Crippen molar-refractivity contribution in [3.8, 4) is 0 Å². The Morgan fingerprint density at radius 3 is 2.60 bits per heavy atom. The van der Waals surface area contributed by atoms with E-state index in [0.717, 1.165) is 30.3 Å². The summed E-state index contributed by atoms with van der Waals surface area (Å²) >= 11 is 0. The number of hydrogen-bond donors (Lipinski definition) is 1. The highest BCUT2D eigenvalue weighted by molar-refractivity contribution is 5.91. The third-order valence-corrected chi connectivity index (χ3v) is 5.34. The first-order valence-corrected chi connectivity index (χ1v) is 10.6. The van der Waals surface area contributed by atoms with Gasteiger partial charge in [0.15, 0.2) is 0 Å². The van der Waals surface area contributed by atoms with Crippen molar-refractivity contribution >= 4 is 23.4 Å². The molecule has 0 unspecified atom stereocenters. The van der Waals surface area contributed by atoms with Gasteiger partial charge in [-0.15, -0.1) is 0 Å². The normalized spacial score (nSPS) is 15.3. The molecule has 1 N–H and O–H groups in total. The average molecular weight is 417 g/mol. The predicted molar refractivity (Wildman–Crippen MR) is 115 cm³/mol. The maximum atomic E-state index is 12.3. The number of ether oxygens (including phenoxy) is 2. The number of fused-ring (bicyclic) bond motifs is 1.